The van der Waals surface area contributed by atoms with Crippen LogP contribution in [-0.2, 0) is 16.8 Å². The molecule has 0 bridgehead atoms. The summed E-state index contributed by atoms with van der Waals surface area (Å²) in [6, 6.07) is 19.2. The van der Waals surface area contributed by atoms with Gasteiger partial charge in [-0.15, -0.1) is 5.10 Å². The molecule has 4 rings (SSSR count). The van der Waals surface area contributed by atoms with Crippen LogP contribution in [0, 0.1) is 0 Å². The third-order valence-electron chi connectivity index (χ3n) is 5.08. The fourth-order valence-corrected chi connectivity index (χ4v) is 4.27. The quantitative estimate of drug-likeness (QED) is 0.232. The zero-order valence-electron chi connectivity index (χ0n) is 18.7. The van der Waals surface area contributed by atoms with Crippen LogP contribution >= 0.6 is 23.4 Å². The van der Waals surface area contributed by atoms with Gasteiger partial charge in [0.2, 0.25) is 0 Å². The first-order valence-corrected chi connectivity index (χ1v) is 11.7. The summed E-state index contributed by atoms with van der Waals surface area (Å²) in [5.41, 5.74) is 3.15. The highest BCUT2D eigenvalue weighted by Gasteiger charge is 2.34. The van der Waals surface area contributed by atoms with Gasteiger partial charge in [-0.3, -0.25) is 9.69 Å². The van der Waals surface area contributed by atoms with Crippen molar-refractivity contribution in [1.82, 2.24) is 4.90 Å². The summed E-state index contributed by atoms with van der Waals surface area (Å²) in [5, 5.41) is 9.68. The van der Waals surface area contributed by atoms with E-state index in [0.29, 0.717) is 20.9 Å². The Bertz CT molecular complexity index is 1210. The van der Waals surface area contributed by atoms with E-state index in [-0.39, 0.29) is 17.9 Å². The van der Waals surface area contributed by atoms with E-state index in [1.165, 1.54) is 17.3 Å². The van der Waals surface area contributed by atoms with Crippen LogP contribution in [0.5, 0.6) is 0 Å². The first-order chi connectivity index (χ1) is 15.8. The van der Waals surface area contributed by atoms with Gasteiger partial charge in [0.1, 0.15) is 5.76 Å². The molecular formula is C26H24ClN3O2S. The number of hydrogen-bond donors (Lipinski definition) is 0. The van der Waals surface area contributed by atoms with Crippen LogP contribution in [-0.4, -0.2) is 22.2 Å². The van der Waals surface area contributed by atoms with Crippen molar-refractivity contribution in [3.63, 3.8) is 0 Å². The Hall–Kier alpha value is -3.09. The molecule has 0 atom stereocenters. The lowest BCUT2D eigenvalue weighted by molar-refractivity contribution is -0.122. The summed E-state index contributed by atoms with van der Waals surface area (Å²) in [4.78, 5) is 15.4. The highest BCUT2D eigenvalue weighted by Crippen LogP contribution is 2.34. The van der Waals surface area contributed by atoms with E-state index in [1.54, 1.807) is 35.6 Å². The molecule has 0 saturated carbocycles. The van der Waals surface area contributed by atoms with Gasteiger partial charge in [-0.05, 0) is 64.2 Å². The zero-order valence-corrected chi connectivity index (χ0v) is 20.2. The molecule has 1 aliphatic heterocycles. The second-order valence-corrected chi connectivity index (χ2v) is 10.1. The first-order valence-electron chi connectivity index (χ1n) is 10.5. The monoisotopic (exact) mass is 477 g/mol. The molecule has 0 radical (unpaired) electrons. The number of thioether (sulfide) groups is 1. The number of rotatable bonds is 5. The van der Waals surface area contributed by atoms with E-state index in [2.05, 4.69) is 43.1 Å². The van der Waals surface area contributed by atoms with Crippen LogP contribution < -0.4 is 0 Å². The summed E-state index contributed by atoms with van der Waals surface area (Å²) in [6.07, 6.45) is 5.11. The minimum absolute atomic E-state index is 0.0748. The Labute approximate surface area is 202 Å². The third kappa shape index (κ3) is 5.83. The Morgan fingerprint density at radius 2 is 1.73 bits per heavy atom. The van der Waals surface area contributed by atoms with Crippen LogP contribution in [0.25, 0.3) is 6.08 Å². The number of nitrogens with zero attached hydrogens (tertiary/aromatic N) is 3. The van der Waals surface area contributed by atoms with Crippen molar-refractivity contribution >= 4 is 46.7 Å². The predicted molar refractivity (Wildman–Crippen MR) is 136 cm³/mol. The lowest BCUT2D eigenvalue weighted by Gasteiger charge is -2.18. The molecule has 168 valence electrons. The van der Waals surface area contributed by atoms with Crippen LogP contribution in [0.1, 0.15) is 43.2 Å². The van der Waals surface area contributed by atoms with E-state index >= 15 is 0 Å². The van der Waals surface area contributed by atoms with Crippen LogP contribution in [0.4, 0.5) is 0 Å². The maximum atomic E-state index is 13.2. The maximum Gasteiger partial charge on any atom is 0.267 e. The largest absolute Gasteiger partial charge is 0.467 e. The van der Waals surface area contributed by atoms with Crippen LogP contribution in [0.15, 0.2) is 86.5 Å². The molecule has 0 N–H and O–H groups in total. The summed E-state index contributed by atoms with van der Waals surface area (Å²) in [6.45, 7) is 6.82. The van der Waals surface area contributed by atoms with Crippen LogP contribution in [0.2, 0.25) is 5.02 Å². The predicted octanol–water partition coefficient (Wildman–Crippen LogP) is 6.74. The molecular weight excluding hydrogens is 454 g/mol. The number of amides is 1. The standard InChI is InChI=1S/C26H24ClN3O2S/c1-26(2,3)20-10-6-18(7-11-20)15-23-24(31)30(17-22-5-4-14-32-22)25(33-23)29-28-16-19-8-12-21(27)13-9-19/h4-16H,17H2,1-3H3/b23-15-,28-16+,29-25-. The topological polar surface area (TPSA) is 58.2 Å². The van der Waals surface area contributed by atoms with Crippen molar-refractivity contribution < 1.29 is 9.21 Å². The molecule has 5 nitrogen and oxygen atoms in total. The van der Waals surface area contributed by atoms with Crippen molar-refractivity contribution in [1.29, 1.82) is 0 Å². The third-order valence-corrected chi connectivity index (χ3v) is 6.33. The van der Waals surface area contributed by atoms with Crippen molar-refractivity contribution in [2.75, 3.05) is 0 Å². The summed E-state index contributed by atoms with van der Waals surface area (Å²) in [5.74, 6) is 0.547. The summed E-state index contributed by atoms with van der Waals surface area (Å²) in [7, 11) is 0. The highest BCUT2D eigenvalue weighted by molar-refractivity contribution is 8.18. The average molecular weight is 478 g/mol. The van der Waals surface area contributed by atoms with Gasteiger partial charge < -0.3 is 4.42 Å². The fourth-order valence-electron chi connectivity index (χ4n) is 3.20. The number of hydrogen-bond acceptors (Lipinski definition) is 5. The molecule has 1 aliphatic rings. The SMILES string of the molecule is CC(C)(C)c1ccc(/C=C2\S/C(=N\N=C\c3ccc(Cl)cc3)N(Cc3ccco3)C2=O)cc1. The average Bonchev–Trinajstić information content (AvgIpc) is 3.39. The highest BCUT2D eigenvalue weighted by atomic mass is 35.5. The van der Waals surface area contributed by atoms with Crippen molar-refractivity contribution in [2.45, 2.75) is 32.7 Å². The Morgan fingerprint density at radius 1 is 1.03 bits per heavy atom. The minimum atomic E-state index is -0.128. The number of furan rings is 1. The van der Waals surface area contributed by atoms with Crippen LogP contribution in [0.3, 0.4) is 0 Å². The number of carbonyl (C=O) groups is 1. The number of benzene rings is 2. The Kier molecular flexibility index (Phi) is 6.86. The molecule has 33 heavy (non-hydrogen) atoms. The second kappa shape index (κ2) is 9.81. The lowest BCUT2D eigenvalue weighted by Crippen LogP contribution is -2.28. The molecule has 1 amide bonds. The Balaban J connectivity index is 1.59. The van der Waals surface area contributed by atoms with Gasteiger partial charge in [-0.2, -0.15) is 5.10 Å². The maximum absolute atomic E-state index is 13.2. The second-order valence-electron chi connectivity index (χ2n) is 8.63. The van der Waals surface area contributed by atoms with E-state index in [1.807, 2.05) is 36.4 Å². The van der Waals surface area contributed by atoms with Gasteiger partial charge in [-0.1, -0.05) is 68.8 Å². The summed E-state index contributed by atoms with van der Waals surface area (Å²) < 4.78 is 5.45. The minimum Gasteiger partial charge on any atom is -0.467 e. The smallest absolute Gasteiger partial charge is 0.267 e. The van der Waals surface area contributed by atoms with Gasteiger partial charge in [-0.25, -0.2) is 0 Å². The molecule has 0 spiro atoms. The molecule has 1 aromatic heterocycles. The molecule has 2 aromatic carbocycles. The molecule has 2 heterocycles. The van der Waals surface area contributed by atoms with Gasteiger partial charge in [0, 0.05) is 5.02 Å². The first kappa shape index (κ1) is 23.1. The molecule has 1 fully saturated rings. The molecule has 7 heteroatoms. The Morgan fingerprint density at radius 3 is 2.36 bits per heavy atom. The number of amidine groups is 1. The zero-order chi connectivity index (χ0) is 23.4. The number of carbonyl (C=O) groups excluding carboxylic acids is 1. The summed E-state index contributed by atoms with van der Waals surface area (Å²) >= 11 is 7.23. The van der Waals surface area contributed by atoms with E-state index in [0.717, 1.165) is 11.1 Å². The number of halogens is 1. The van der Waals surface area contributed by atoms with Crippen molar-refractivity contribution in [3.8, 4) is 0 Å². The normalized spacial score (nSPS) is 17.1. The molecule has 0 aliphatic carbocycles. The van der Waals surface area contributed by atoms with Crippen molar-refractivity contribution in [3.05, 3.63) is 99.3 Å². The van der Waals surface area contributed by atoms with Gasteiger partial charge >= 0.3 is 0 Å². The molecule has 1 saturated heterocycles. The van der Waals surface area contributed by atoms with E-state index in [4.69, 9.17) is 16.0 Å². The molecule has 3 aromatic rings. The lowest BCUT2D eigenvalue weighted by atomic mass is 9.87. The van der Waals surface area contributed by atoms with E-state index < -0.39 is 0 Å². The van der Waals surface area contributed by atoms with Gasteiger partial charge in [0.15, 0.2) is 5.17 Å². The van der Waals surface area contributed by atoms with Gasteiger partial charge in [0.05, 0.1) is 23.9 Å². The van der Waals surface area contributed by atoms with Gasteiger partial charge in [0.25, 0.3) is 5.91 Å². The fraction of sp³-hybridized carbons (Fsp3) is 0.192. The molecule has 0 unspecified atom stereocenters. The van der Waals surface area contributed by atoms with Crippen molar-refractivity contribution in [2.24, 2.45) is 10.2 Å². The van der Waals surface area contributed by atoms with E-state index in [9.17, 15) is 4.79 Å².